The number of rotatable bonds is 4. The summed E-state index contributed by atoms with van der Waals surface area (Å²) in [5.74, 6) is 5.24. The zero-order valence-electron chi connectivity index (χ0n) is 16.3. The molecule has 2 atom stereocenters. The van der Waals surface area contributed by atoms with E-state index in [1.807, 2.05) is 0 Å². The van der Waals surface area contributed by atoms with Gasteiger partial charge in [-0.1, -0.05) is 12.1 Å². The molecule has 1 saturated carbocycles. The number of nitrogens with two attached hydrogens (primary N) is 1. The Morgan fingerprint density at radius 2 is 1.67 bits per heavy atom. The van der Waals surface area contributed by atoms with Crippen LogP contribution in [0.4, 0.5) is 8.78 Å². The van der Waals surface area contributed by atoms with Crippen LogP contribution < -0.4 is 21.9 Å². The monoisotopic (exact) mass is 414 g/mol. The van der Waals surface area contributed by atoms with Crippen LogP contribution >= 0.6 is 0 Å². The molecule has 9 heteroatoms. The molecule has 7 nitrogen and oxygen atoms in total. The van der Waals surface area contributed by atoms with Crippen LogP contribution in [0, 0.1) is 11.6 Å². The maximum Gasteiger partial charge on any atom is 0.280 e. The molecule has 2 aliphatic rings. The third-order valence-corrected chi connectivity index (χ3v) is 5.43. The minimum Gasteiger partial charge on any atom is -0.353 e. The van der Waals surface area contributed by atoms with Crippen molar-refractivity contribution in [2.24, 2.45) is 10.8 Å². The number of nitrogens with zero attached hydrogens (tertiary/aromatic N) is 2. The average Bonchev–Trinajstić information content (AvgIpc) is 3.06. The number of aliphatic imine (C=N–C) groups is 1. The van der Waals surface area contributed by atoms with Gasteiger partial charge in [0, 0.05) is 18.0 Å². The van der Waals surface area contributed by atoms with E-state index >= 15 is 0 Å². The zero-order chi connectivity index (χ0) is 21.1. The lowest BCUT2D eigenvalue weighted by Crippen LogP contribution is -2.56. The smallest absolute Gasteiger partial charge is 0.280 e. The molecule has 0 bridgehead atoms. The summed E-state index contributed by atoms with van der Waals surface area (Å²) < 4.78 is 26.3. The number of hydrogen-bond donors (Lipinski definition) is 4. The van der Waals surface area contributed by atoms with Gasteiger partial charge < -0.3 is 10.6 Å². The number of amides is 1. The molecule has 1 saturated heterocycles. The molecule has 0 aromatic heterocycles. The average molecular weight is 414 g/mol. The molecule has 158 valence electrons. The number of hydrogen-bond acceptors (Lipinski definition) is 4. The molecule has 0 radical (unpaired) electrons. The van der Waals surface area contributed by atoms with E-state index in [1.54, 1.807) is 12.1 Å². The number of nitrogens with one attached hydrogen (secondary N) is 3. The summed E-state index contributed by atoms with van der Waals surface area (Å²) in [4.78, 5) is 16.7. The van der Waals surface area contributed by atoms with Crippen molar-refractivity contribution in [1.82, 2.24) is 21.2 Å². The Kier molecular flexibility index (Phi) is 6.03. The van der Waals surface area contributed by atoms with Gasteiger partial charge >= 0.3 is 0 Å². The van der Waals surface area contributed by atoms with Crippen molar-refractivity contribution < 1.29 is 13.6 Å². The first-order valence-electron chi connectivity index (χ1n) is 9.95. The molecule has 1 heterocycles. The lowest BCUT2D eigenvalue weighted by Gasteiger charge is -2.30. The topological polar surface area (TPSA) is 94.8 Å². The fourth-order valence-electron chi connectivity index (χ4n) is 3.46. The molecule has 30 heavy (non-hydrogen) atoms. The number of hydrazine groups is 2. The third kappa shape index (κ3) is 4.81. The van der Waals surface area contributed by atoms with E-state index in [0.717, 1.165) is 24.8 Å². The van der Waals surface area contributed by atoms with Gasteiger partial charge in [0.25, 0.3) is 5.91 Å². The second-order valence-corrected chi connectivity index (χ2v) is 7.58. The largest absolute Gasteiger partial charge is 0.353 e. The molecule has 0 spiro atoms. The Hall–Kier alpha value is -2.88. The van der Waals surface area contributed by atoms with Gasteiger partial charge in [0.15, 0.2) is 0 Å². The molecule has 2 unspecified atom stereocenters. The minimum atomic E-state index is -0.478. The van der Waals surface area contributed by atoms with Crippen LogP contribution in [0.3, 0.4) is 0 Å². The normalized spacial score (nSPS) is 22.6. The van der Waals surface area contributed by atoms with Gasteiger partial charge in [-0.25, -0.2) is 14.2 Å². The molecule has 4 rings (SSSR count). The summed E-state index contributed by atoms with van der Waals surface area (Å²) in [5, 5.41) is 7.88. The van der Waals surface area contributed by atoms with Gasteiger partial charge in [0.2, 0.25) is 5.96 Å². The predicted molar refractivity (Wildman–Crippen MR) is 109 cm³/mol. The van der Waals surface area contributed by atoms with Gasteiger partial charge in [0.05, 0.1) is 6.04 Å². The Balaban J connectivity index is 1.47. The molecule has 2 aromatic carbocycles. The molecular weight excluding hydrogens is 390 g/mol. The molecule has 1 aliphatic carbocycles. The highest BCUT2D eigenvalue weighted by molar-refractivity contribution is 6.02. The maximum absolute atomic E-state index is 13.2. The first-order valence-corrected chi connectivity index (χ1v) is 9.95. The van der Waals surface area contributed by atoms with Crippen molar-refractivity contribution in [3.8, 4) is 0 Å². The van der Waals surface area contributed by atoms with Crippen molar-refractivity contribution >= 4 is 11.9 Å². The summed E-state index contributed by atoms with van der Waals surface area (Å²) in [6.45, 7) is 0. The lowest BCUT2D eigenvalue weighted by atomic mass is 9.93. The summed E-state index contributed by atoms with van der Waals surface area (Å²) in [6, 6.07) is 11.6. The Morgan fingerprint density at radius 1 is 1.03 bits per heavy atom. The van der Waals surface area contributed by atoms with E-state index in [0.29, 0.717) is 17.9 Å². The lowest BCUT2D eigenvalue weighted by molar-refractivity contribution is 0.100. The Labute approximate surface area is 173 Å². The van der Waals surface area contributed by atoms with Crippen molar-refractivity contribution in [2.75, 3.05) is 0 Å². The quantitative estimate of drug-likeness (QED) is 0.349. The summed E-state index contributed by atoms with van der Waals surface area (Å²) in [5.41, 5.74) is 4.34. The van der Waals surface area contributed by atoms with Crippen LogP contribution in [-0.4, -0.2) is 29.2 Å². The van der Waals surface area contributed by atoms with Crippen LogP contribution in [0.1, 0.15) is 47.6 Å². The van der Waals surface area contributed by atoms with Crippen molar-refractivity contribution in [1.29, 1.82) is 0 Å². The Morgan fingerprint density at radius 3 is 2.27 bits per heavy atom. The molecule has 5 N–H and O–H groups in total. The third-order valence-electron chi connectivity index (χ3n) is 5.43. The predicted octanol–water partition coefficient (Wildman–Crippen LogP) is 2.34. The molecular formula is C21H24F2N6O. The number of halogens is 2. The summed E-state index contributed by atoms with van der Waals surface area (Å²) in [7, 11) is 0. The first-order chi connectivity index (χ1) is 14.5. The van der Waals surface area contributed by atoms with Gasteiger partial charge in [-0.15, -0.1) is 0 Å². The van der Waals surface area contributed by atoms with Gasteiger partial charge in [-0.05, 0) is 61.2 Å². The molecule has 1 amide bonds. The van der Waals surface area contributed by atoms with Crippen molar-refractivity contribution in [2.45, 2.75) is 43.9 Å². The minimum absolute atomic E-state index is 0.106. The van der Waals surface area contributed by atoms with Gasteiger partial charge in [0.1, 0.15) is 17.8 Å². The van der Waals surface area contributed by atoms with E-state index in [-0.39, 0.29) is 24.1 Å². The van der Waals surface area contributed by atoms with Gasteiger partial charge in [-0.2, -0.15) is 10.1 Å². The standard InChI is InChI=1S/C21H24F2N6O/c22-15-8-4-13(5-9-15)18-12-19(29(24)28-18)26-21(25-17-2-1-3-17)27-20(30)14-6-10-16(23)11-7-14/h4-11,17-19,28H,1-3,12,24H2,(H2,25,26,27,30). The van der Waals surface area contributed by atoms with Crippen molar-refractivity contribution in [3.05, 3.63) is 71.3 Å². The Bertz CT molecular complexity index is 914. The first kappa shape index (κ1) is 20.4. The van der Waals surface area contributed by atoms with Crippen LogP contribution in [0.15, 0.2) is 53.5 Å². The van der Waals surface area contributed by atoms with E-state index < -0.39 is 11.7 Å². The van der Waals surface area contributed by atoms with E-state index in [9.17, 15) is 13.6 Å². The summed E-state index contributed by atoms with van der Waals surface area (Å²) in [6.07, 6.45) is 3.36. The second kappa shape index (κ2) is 8.86. The van der Waals surface area contributed by atoms with Crippen LogP contribution in [-0.2, 0) is 0 Å². The highest BCUT2D eigenvalue weighted by Crippen LogP contribution is 2.25. The highest BCUT2D eigenvalue weighted by atomic mass is 19.1. The van der Waals surface area contributed by atoms with Crippen molar-refractivity contribution in [3.63, 3.8) is 0 Å². The fourth-order valence-corrected chi connectivity index (χ4v) is 3.46. The molecule has 2 fully saturated rings. The zero-order valence-corrected chi connectivity index (χ0v) is 16.3. The number of guanidine groups is 1. The SMILES string of the molecule is NN1NC(c2ccc(F)cc2)CC1N/C(=N\C(=O)c1ccc(F)cc1)NC1CCC1. The molecule has 2 aromatic rings. The number of carbonyl (C=O) groups is 1. The maximum atomic E-state index is 13.2. The second-order valence-electron chi connectivity index (χ2n) is 7.58. The van der Waals surface area contributed by atoms with E-state index in [2.05, 4.69) is 21.1 Å². The highest BCUT2D eigenvalue weighted by Gasteiger charge is 2.32. The van der Waals surface area contributed by atoms with Crippen LogP contribution in [0.2, 0.25) is 0 Å². The van der Waals surface area contributed by atoms with Crippen LogP contribution in [0.25, 0.3) is 0 Å². The summed E-state index contributed by atoms with van der Waals surface area (Å²) >= 11 is 0. The fraction of sp³-hybridized carbons (Fsp3) is 0.333. The molecule has 1 aliphatic heterocycles. The van der Waals surface area contributed by atoms with E-state index in [4.69, 9.17) is 5.84 Å². The van der Waals surface area contributed by atoms with Gasteiger partial charge in [-0.3, -0.25) is 10.6 Å². The number of carbonyl (C=O) groups excluding carboxylic acids is 1. The van der Waals surface area contributed by atoms with E-state index in [1.165, 1.54) is 41.5 Å². The van der Waals surface area contributed by atoms with Crippen LogP contribution in [0.5, 0.6) is 0 Å². The number of benzene rings is 2.